The van der Waals surface area contributed by atoms with Crippen LogP contribution in [0.4, 0.5) is 11.5 Å². The quantitative estimate of drug-likeness (QED) is 0.623. The van der Waals surface area contributed by atoms with Crippen LogP contribution in [0.25, 0.3) is 0 Å². The highest BCUT2D eigenvalue weighted by atomic mass is 16.6. The molecule has 1 atom stereocenters. The highest BCUT2D eigenvalue weighted by molar-refractivity contribution is 5.59. The Hall–Kier alpha value is -1.67. The van der Waals surface area contributed by atoms with Gasteiger partial charge in [0.2, 0.25) is 5.82 Å². The minimum absolute atomic E-state index is 0.0401. The number of nitrogens with zero attached hydrogens (tertiary/aromatic N) is 4. The van der Waals surface area contributed by atoms with Gasteiger partial charge in [-0.15, -0.1) is 0 Å². The number of anilines is 1. The van der Waals surface area contributed by atoms with Crippen LogP contribution in [0.1, 0.15) is 19.5 Å². The highest BCUT2D eigenvalue weighted by Gasteiger charge is 2.27. The number of hydrogen-bond acceptors (Lipinski definition) is 6. The van der Waals surface area contributed by atoms with Gasteiger partial charge in [-0.25, -0.2) is 4.68 Å². The van der Waals surface area contributed by atoms with Crippen LogP contribution in [-0.4, -0.2) is 58.5 Å². The molecule has 2 rings (SSSR count). The van der Waals surface area contributed by atoms with E-state index in [0.717, 1.165) is 19.6 Å². The minimum Gasteiger partial charge on any atom is -0.374 e. The fourth-order valence-electron chi connectivity index (χ4n) is 2.60. The van der Waals surface area contributed by atoms with Crippen molar-refractivity contribution in [3.8, 4) is 0 Å². The number of likely N-dealkylation sites (N-methyl/N-ethyl adjacent to an activating group) is 1. The van der Waals surface area contributed by atoms with E-state index in [0.29, 0.717) is 31.1 Å². The molecule has 1 aromatic rings. The zero-order chi connectivity index (χ0) is 15.4. The van der Waals surface area contributed by atoms with E-state index in [2.05, 4.69) is 22.2 Å². The largest absolute Gasteiger partial charge is 0.374 e. The molecular formula is C13H23N5O3. The first-order chi connectivity index (χ1) is 10.1. The van der Waals surface area contributed by atoms with Crippen LogP contribution >= 0.6 is 0 Å². The Labute approximate surface area is 124 Å². The van der Waals surface area contributed by atoms with Crippen LogP contribution in [0.3, 0.4) is 0 Å². The molecule has 1 aliphatic rings. The van der Waals surface area contributed by atoms with Gasteiger partial charge in [0.15, 0.2) is 0 Å². The summed E-state index contributed by atoms with van der Waals surface area (Å²) in [6.07, 6.45) is 0.577. The van der Waals surface area contributed by atoms with Gasteiger partial charge < -0.3 is 10.1 Å². The lowest BCUT2D eigenvalue weighted by Crippen LogP contribution is -2.45. The summed E-state index contributed by atoms with van der Waals surface area (Å²) in [5.41, 5.74) is 0.577. The van der Waals surface area contributed by atoms with Crippen molar-refractivity contribution in [3.63, 3.8) is 0 Å². The van der Waals surface area contributed by atoms with Crippen LogP contribution in [0.5, 0.6) is 0 Å². The summed E-state index contributed by atoms with van der Waals surface area (Å²) in [4.78, 5) is 13.2. The lowest BCUT2D eigenvalue weighted by atomic mass is 10.2. The molecule has 1 aromatic heterocycles. The number of aryl methyl sites for hydroxylation is 2. The fraction of sp³-hybridized carbons (Fsp3) is 0.769. The molecule has 1 fully saturated rings. The third kappa shape index (κ3) is 3.51. The zero-order valence-electron chi connectivity index (χ0n) is 12.8. The van der Waals surface area contributed by atoms with Crippen molar-refractivity contribution in [2.24, 2.45) is 7.05 Å². The molecule has 1 N–H and O–H groups in total. The number of rotatable bonds is 6. The van der Waals surface area contributed by atoms with E-state index in [1.807, 2.05) is 6.92 Å². The topological polar surface area (TPSA) is 85.5 Å². The van der Waals surface area contributed by atoms with E-state index >= 15 is 0 Å². The van der Waals surface area contributed by atoms with Crippen molar-refractivity contribution in [3.05, 3.63) is 15.8 Å². The zero-order valence-corrected chi connectivity index (χ0v) is 12.8. The Morgan fingerprint density at radius 2 is 2.29 bits per heavy atom. The molecule has 0 saturated carbocycles. The van der Waals surface area contributed by atoms with E-state index in [1.165, 1.54) is 4.68 Å². The maximum atomic E-state index is 11.2. The molecule has 2 heterocycles. The summed E-state index contributed by atoms with van der Waals surface area (Å²) >= 11 is 0. The summed E-state index contributed by atoms with van der Waals surface area (Å²) in [5, 5.41) is 18.6. The lowest BCUT2D eigenvalue weighted by molar-refractivity contribution is -0.384. The molecule has 1 saturated heterocycles. The van der Waals surface area contributed by atoms with E-state index in [4.69, 9.17) is 4.74 Å². The van der Waals surface area contributed by atoms with E-state index in [9.17, 15) is 10.1 Å². The molecule has 0 radical (unpaired) electrons. The van der Waals surface area contributed by atoms with E-state index in [-0.39, 0.29) is 16.7 Å². The molecule has 1 aliphatic heterocycles. The molecule has 0 spiro atoms. The van der Waals surface area contributed by atoms with Crippen LogP contribution in [0.15, 0.2) is 0 Å². The Morgan fingerprint density at radius 1 is 1.52 bits per heavy atom. The Morgan fingerprint density at radius 3 is 2.90 bits per heavy atom. The van der Waals surface area contributed by atoms with Gasteiger partial charge in [-0.3, -0.25) is 15.0 Å². The summed E-state index contributed by atoms with van der Waals surface area (Å²) in [6, 6.07) is 0. The second-order valence-electron chi connectivity index (χ2n) is 5.15. The molecule has 0 aromatic carbocycles. The van der Waals surface area contributed by atoms with Gasteiger partial charge in [0.05, 0.1) is 17.6 Å². The van der Waals surface area contributed by atoms with Crippen molar-refractivity contribution in [1.82, 2.24) is 14.7 Å². The van der Waals surface area contributed by atoms with Crippen LogP contribution in [0.2, 0.25) is 0 Å². The minimum atomic E-state index is -0.367. The molecule has 118 valence electrons. The highest BCUT2D eigenvalue weighted by Crippen LogP contribution is 2.28. The smallest absolute Gasteiger partial charge is 0.333 e. The van der Waals surface area contributed by atoms with Gasteiger partial charge >= 0.3 is 5.69 Å². The molecule has 8 heteroatoms. The number of aromatic nitrogens is 2. The Bertz CT molecular complexity index is 502. The second kappa shape index (κ2) is 6.86. The third-order valence-corrected chi connectivity index (χ3v) is 3.78. The lowest BCUT2D eigenvalue weighted by Gasteiger charge is -2.32. The first kappa shape index (κ1) is 15.7. The monoisotopic (exact) mass is 297 g/mol. The molecule has 21 heavy (non-hydrogen) atoms. The number of ether oxygens (including phenoxy) is 1. The van der Waals surface area contributed by atoms with E-state index < -0.39 is 0 Å². The van der Waals surface area contributed by atoms with Crippen molar-refractivity contribution in [1.29, 1.82) is 0 Å². The van der Waals surface area contributed by atoms with Crippen LogP contribution < -0.4 is 5.32 Å². The normalized spacial score (nSPS) is 19.7. The molecule has 0 aliphatic carbocycles. The first-order valence-corrected chi connectivity index (χ1v) is 7.34. The van der Waals surface area contributed by atoms with E-state index in [1.54, 1.807) is 7.05 Å². The molecule has 0 bridgehead atoms. The Balaban J connectivity index is 2.06. The van der Waals surface area contributed by atoms with Crippen LogP contribution in [-0.2, 0) is 18.2 Å². The van der Waals surface area contributed by atoms with Crippen LogP contribution in [0, 0.1) is 10.1 Å². The number of hydrogen-bond donors (Lipinski definition) is 1. The predicted octanol–water partition coefficient (Wildman–Crippen LogP) is 1.02. The number of morpholine rings is 1. The molecule has 0 amide bonds. The van der Waals surface area contributed by atoms with Gasteiger partial charge in [-0.2, -0.15) is 5.10 Å². The van der Waals surface area contributed by atoms with Gasteiger partial charge in [-0.05, 0) is 13.0 Å². The first-order valence-electron chi connectivity index (χ1n) is 7.34. The second-order valence-corrected chi connectivity index (χ2v) is 5.15. The number of nitro groups is 1. The summed E-state index contributed by atoms with van der Waals surface area (Å²) in [6.45, 7) is 8.01. The average molecular weight is 297 g/mol. The predicted molar refractivity (Wildman–Crippen MR) is 79.6 cm³/mol. The fourth-order valence-corrected chi connectivity index (χ4v) is 2.60. The molecule has 8 nitrogen and oxygen atoms in total. The Kier molecular flexibility index (Phi) is 5.13. The standard InChI is InChI=1S/C13H23N5O3/c1-4-11-12(18(19)20)13(16(3)15-11)14-8-10-9-17(5-2)6-7-21-10/h10,14H,4-9H2,1-3H3. The van der Waals surface area contributed by atoms with Crippen molar-refractivity contribution in [2.45, 2.75) is 26.4 Å². The SMILES string of the molecule is CCc1nn(C)c(NCC2CN(CC)CCO2)c1[N+](=O)[O-]. The average Bonchev–Trinajstić information content (AvgIpc) is 2.81. The van der Waals surface area contributed by atoms with Gasteiger partial charge in [0.1, 0.15) is 5.69 Å². The molecular weight excluding hydrogens is 274 g/mol. The maximum absolute atomic E-state index is 11.2. The summed E-state index contributed by atoms with van der Waals surface area (Å²) in [7, 11) is 1.72. The number of nitrogens with one attached hydrogen (secondary N) is 1. The summed E-state index contributed by atoms with van der Waals surface area (Å²) < 4.78 is 7.24. The van der Waals surface area contributed by atoms with Gasteiger partial charge in [0.25, 0.3) is 0 Å². The van der Waals surface area contributed by atoms with Crippen molar-refractivity contribution < 1.29 is 9.66 Å². The maximum Gasteiger partial charge on any atom is 0.333 e. The summed E-state index contributed by atoms with van der Waals surface area (Å²) in [5.74, 6) is 0.453. The van der Waals surface area contributed by atoms with Gasteiger partial charge in [-0.1, -0.05) is 13.8 Å². The third-order valence-electron chi connectivity index (χ3n) is 3.78. The van der Waals surface area contributed by atoms with Crippen molar-refractivity contribution in [2.75, 3.05) is 38.1 Å². The molecule has 1 unspecified atom stereocenters. The van der Waals surface area contributed by atoms with Gasteiger partial charge in [0, 0.05) is 26.7 Å². The van der Waals surface area contributed by atoms with Crippen molar-refractivity contribution >= 4 is 11.5 Å².